The maximum Gasteiger partial charge on any atom is 0.311 e. The summed E-state index contributed by atoms with van der Waals surface area (Å²) in [6.45, 7) is 1.94. The molecule has 0 heterocycles. The minimum absolute atomic E-state index is 0.0284. The Morgan fingerprint density at radius 3 is 2.48 bits per heavy atom. The normalized spacial score (nSPS) is 10.1. The molecule has 0 unspecified atom stereocenters. The van der Waals surface area contributed by atoms with Crippen LogP contribution in [0.15, 0.2) is 48.5 Å². The number of nitro benzene ring substituents is 1. The van der Waals surface area contributed by atoms with Crippen molar-refractivity contribution >= 4 is 11.7 Å². The molecule has 0 N–H and O–H groups in total. The number of rotatable bonds is 5. The predicted molar refractivity (Wildman–Crippen MR) is 78.2 cm³/mol. The second kappa shape index (κ2) is 6.65. The first-order valence-corrected chi connectivity index (χ1v) is 6.56. The van der Waals surface area contributed by atoms with Crippen LogP contribution in [-0.4, -0.2) is 10.9 Å². The Bertz CT molecular complexity index is 650. The van der Waals surface area contributed by atoms with Crippen molar-refractivity contribution in [3.05, 3.63) is 69.8 Å². The van der Waals surface area contributed by atoms with Gasteiger partial charge in [-0.1, -0.05) is 35.9 Å². The van der Waals surface area contributed by atoms with Crippen LogP contribution >= 0.6 is 0 Å². The van der Waals surface area contributed by atoms with E-state index in [1.807, 2.05) is 19.1 Å². The van der Waals surface area contributed by atoms with Crippen LogP contribution in [0.1, 0.15) is 17.5 Å². The lowest BCUT2D eigenvalue weighted by molar-refractivity contribution is -0.385. The Morgan fingerprint density at radius 1 is 1.14 bits per heavy atom. The molecule has 2 rings (SSSR count). The van der Waals surface area contributed by atoms with Gasteiger partial charge in [0.05, 0.1) is 11.3 Å². The third-order valence-corrected chi connectivity index (χ3v) is 3.04. The summed E-state index contributed by atoms with van der Waals surface area (Å²) in [6, 6.07) is 13.5. The first-order chi connectivity index (χ1) is 10.1. The van der Waals surface area contributed by atoms with Crippen molar-refractivity contribution in [2.24, 2.45) is 0 Å². The summed E-state index contributed by atoms with van der Waals surface area (Å²) in [5.41, 5.74) is 1.64. The minimum atomic E-state index is -0.444. The molecule has 0 bridgehead atoms. The van der Waals surface area contributed by atoms with Gasteiger partial charge in [-0.3, -0.25) is 14.9 Å². The molecule has 0 saturated carbocycles. The Kier molecular flexibility index (Phi) is 4.66. The summed E-state index contributed by atoms with van der Waals surface area (Å²) in [6.07, 6.45) is 0.376. The standard InChI is InChI=1S/C16H15NO4/c1-12-6-9-14(10-7-12)21-16(18)11-8-13-4-2-3-5-15(13)17(19)20/h2-7,9-10H,8,11H2,1H3. The van der Waals surface area contributed by atoms with Gasteiger partial charge >= 0.3 is 5.97 Å². The van der Waals surface area contributed by atoms with Gasteiger partial charge in [0.25, 0.3) is 5.69 Å². The van der Waals surface area contributed by atoms with Crippen LogP contribution < -0.4 is 4.74 Å². The van der Waals surface area contributed by atoms with Crippen molar-refractivity contribution < 1.29 is 14.5 Å². The molecule has 0 aromatic heterocycles. The molecule has 108 valence electrons. The Balaban J connectivity index is 1.95. The van der Waals surface area contributed by atoms with E-state index < -0.39 is 10.9 Å². The van der Waals surface area contributed by atoms with Gasteiger partial charge in [0.2, 0.25) is 0 Å². The molecule has 2 aromatic rings. The molecule has 0 fully saturated rings. The second-order valence-corrected chi connectivity index (χ2v) is 4.67. The van der Waals surface area contributed by atoms with Crippen molar-refractivity contribution in [2.75, 3.05) is 0 Å². The van der Waals surface area contributed by atoms with E-state index in [0.717, 1.165) is 5.56 Å². The number of aryl methyl sites for hydroxylation is 2. The summed E-state index contributed by atoms with van der Waals surface area (Å²) in [7, 11) is 0. The third kappa shape index (κ3) is 4.14. The zero-order valence-electron chi connectivity index (χ0n) is 11.6. The van der Waals surface area contributed by atoms with E-state index in [0.29, 0.717) is 11.3 Å². The Labute approximate surface area is 122 Å². The summed E-state index contributed by atoms with van der Waals surface area (Å²) < 4.78 is 5.18. The Morgan fingerprint density at radius 2 is 1.81 bits per heavy atom. The molecule has 2 aromatic carbocycles. The lowest BCUT2D eigenvalue weighted by atomic mass is 10.1. The lowest BCUT2D eigenvalue weighted by Crippen LogP contribution is -2.09. The number of esters is 1. The van der Waals surface area contributed by atoms with Gasteiger partial charge in [-0.15, -0.1) is 0 Å². The number of nitrogens with zero attached hydrogens (tertiary/aromatic N) is 1. The molecule has 5 heteroatoms. The summed E-state index contributed by atoms with van der Waals surface area (Å²) in [4.78, 5) is 22.2. The number of carbonyl (C=O) groups is 1. The number of benzene rings is 2. The minimum Gasteiger partial charge on any atom is -0.427 e. The van der Waals surface area contributed by atoms with Crippen LogP contribution in [0.2, 0.25) is 0 Å². The number of carbonyl (C=O) groups excluding carboxylic acids is 1. The van der Waals surface area contributed by atoms with Crippen molar-refractivity contribution in [1.29, 1.82) is 0 Å². The van der Waals surface area contributed by atoms with E-state index in [4.69, 9.17) is 4.74 Å². The summed E-state index contributed by atoms with van der Waals surface area (Å²) >= 11 is 0. The first kappa shape index (κ1) is 14.7. The van der Waals surface area contributed by atoms with Gasteiger partial charge in [-0.25, -0.2) is 0 Å². The highest BCUT2D eigenvalue weighted by atomic mass is 16.6. The monoisotopic (exact) mass is 285 g/mol. The van der Waals surface area contributed by atoms with Crippen molar-refractivity contribution in [3.63, 3.8) is 0 Å². The average molecular weight is 285 g/mol. The highest BCUT2D eigenvalue weighted by Gasteiger charge is 2.14. The van der Waals surface area contributed by atoms with Crippen molar-refractivity contribution in [1.82, 2.24) is 0 Å². The number of nitro groups is 1. The zero-order chi connectivity index (χ0) is 15.2. The molecule has 0 amide bonds. The fourth-order valence-electron chi connectivity index (χ4n) is 1.93. The largest absolute Gasteiger partial charge is 0.427 e. The summed E-state index contributed by atoms with van der Waals surface area (Å²) in [5.74, 6) is 0.0742. The molecular formula is C16H15NO4. The topological polar surface area (TPSA) is 69.4 Å². The molecular weight excluding hydrogens is 270 g/mol. The highest BCUT2D eigenvalue weighted by molar-refractivity contribution is 5.72. The molecule has 0 radical (unpaired) electrons. The maximum atomic E-state index is 11.8. The van der Waals surface area contributed by atoms with Gasteiger partial charge in [-0.05, 0) is 25.5 Å². The zero-order valence-corrected chi connectivity index (χ0v) is 11.6. The molecule has 0 atom stereocenters. The van der Waals surface area contributed by atoms with Crippen LogP contribution in [0.3, 0.4) is 0 Å². The molecule has 0 aliphatic carbocycles. The quantitative estimate of drug-likeness (QED) is 0.365. The van der Waals surface area contributed by atoms with Gasteiger partial charge in [0.15, 0.2) is 0 Å². The molecule has 21 heavy (non-hydrogen) atoms. The van der Waals surface area contributed by atoms with Gasteiger partial charge in [-0.2, -0.15) is 0 Å². The molecule has 5 nitrogen and oxygen atoms in total. The van der Waals surface area contributed by atoms with E-state index >= 15 is 0 Å². The van der Waals surface area contributed by atoms with Crippen LogP contribution in [0, 0.1) is 17.0 Å². The number of ether oxygens (including phenoxy) is 1. The first-order valence-electron chi connectivity index (χ1n) is 6.56. The SMILES string of the molecule is Cc1ccc(OC(=O)CCc2ccccc2[N+](=O)[O-])cc1. The van der Waals surface area contributed by atoms with Crippen LogP contribution in [-0.2, 0) is 11.2 Å². The van der Waals surface area contributed by atoms with Gasteiger partial charge < -0.3 is 4.74 Å². The third-order valence-electron chi connectivity index (χ3n) is 3.04. The average Bonchev–Trinajstić information content (AvgIpc) is 2.48. The van der Waals surface area contributed by atoms with Gasteiger partial charge in [0, 0.05) is 11.6 Å². The molecule has 0 saturated heterocycles. The smallest absolute Gasteiger partial charge is 0.311 e. The Hall–Kier alpha value is -2.69. The van der Waals surface area contributed by atoms with Crippen LogP contribution in [0.4, 0.5) is 5.69 Å². The van der Waals surface area contributed by atoms with E-state index in [1.165, 1.54) is 6.07 Å². The van der Waals surface area contributed by atoms with Crippen LogP contribution in [0.5, 0.6) is 5.75 Å². The fraction of sp³-hybridized carbons (Fsp3) is 0.188. The maximum absolute atomic E-state index is 11.8. The second-order valence-electron chi connectivity index (χ2n) is 4.67. The van der Waals surface area contributed by atoms with E-state index in [-0.39, 0.29) is 18.5 Å². The van der Waals surface area contributed by atoms with Crippen LogP contribution in [0.25, 0.3) is 0 Å². The highest BCUT2D eigenvalue weighted by Crippen LogP contribution is 2.19. The number of para-hydroxylation sites is 1. The van der Waals surface area contributed by atoms with Crippen molar-refractivity contribution in [3.8, 4) is 5.75 Å². The fourth-order valence-corrected chi connectivity index (χ4v) is 1.93. The number of hydrogen-bond donors (Lipinski definition) is 0. The van der Waals surface area contributed by atoms with E-state index in [9.17, 15) is 14.9 Å². The predicted octanol–water partition coefficient (Wildman–Crippen LogP) is 3.44. The van der Waals surface area contributed by atoms with Gasteiger partial charge in [0.1, 0.15) is 5.75 Å². The molecule has 0 aliphatic rings. The van der Waals surface area contributed by atoms with E-state index in [1.54, 1.807) is 30.3 Å². The molecule has 0 aliphatic heterocycles. The van der Waals surface area contributed by atoms with Crippen molar-refractivity contribution in [2.45, 2.75) is 19.8 Å². The number of hydrogen-bond acceptors (Lipinski definition) is 4. The summed E-state index contributed by atoms with van der Waals surface area (Å²) in [5, 5.41) is 10.9. The lowest BCUT2D eigenvalue weighted by Gasteiger charge is -2.05. The molecule has 0 spiro atoms. The van der Waals surface area contributed by atoms with E-state index in [2.05, 4.69) is 0 Å².